The van der Waals surface area contributed by atoms with E-state index in [9.17, 15) is 13.2 Å². The van der Waals surface area contributed by atoms with E-state index in [0.717, 1.165) is 0 Å². The maximum atomic E-state index is 12.6. The molecule has 2 N–H and O–H groups in total. The van der Waals surface area contributed by atoms with Gasteiger partial charge in [0.2, 0.25) is 21.2 Å². The van der Waals surface area contributed by atoms with Crippen molar-refractivity contribution in [1.29, 1.82) is 0 Å². The van der Waals surface area contributed by atoms with Gasteiger partial charge in [0.15, 0.2) is 0 Å². The monoisotopic (exact) mass is 540 g/mol. The van der Waals surface area contributed by atoms with Crippen molar-refractivity contribution < 1.29 is 22.5 Å². The number of hydrogen-bond acceptors (Lipinski definition) is 10. The Hall–Kier alpha value is -3.10. The molecule has 0 atom stereocenters. The molecule has 0 saturated heterocycles. The van der Waals surface area contributed by atoms with Gasteiger partial charge in [0, 0.05) is 10.6 Å². The Bertz CT molecular complexity index is 1460. The van der Waals surface area contributed by atoms with Gasteiger partial charge in [-0.15, -0.1) is 10.2 Å². The third-order valence-corrected chi connectivity index (χ3v) is 7.40. The number of hydrogen-bond donors (Lipinski definition) is 2. The normalized spacial score (nSPS) is 11.4. The second-order valence-corrected chi connectivity index (χ2v) is 10.3. The van der Waals surface area contributed by atoms with Gasteiger partial charge in [0.05, 0.1) is 24.2 Å². The number of nitrogens with zero attached hydrogens (tertiary/aromatic N) is 4. The van der Waals surface area contributed by atoms with Crippen LogP contribution < -0.4 is 14.8 Å². The van der Waals surface area contributed by atoms with Crippen LogP contribution in [0.15, 0.2) is 51.3 Å². The Kier molecular flexibility index (Phi) is 7.09. The zero-order valence-corrected chi connectivity index (χ0v) is 20.3. The second kappa shape index (κ2) is 10.0. The molecule has 0 fully saturated rings. The summed E-state index contributed by atoms with van der Waals surface area (Å²) in [6.45, 7) is -0.277. The van der Waals surface area contributed by atoms with E-state index in [1.807, 2.05) is 0 Å². The van der Waals surface area contributed by atoms with Crippen LogP contribution in [0.25, 0.3) is 11.4 Å². The largest absolute Gasteiger partial charge is 0.497 e. The van der Waals surface area contributed by atoms with Gasteiger partial charge in [-0.1, -0.05) is 51.8 Å². The highest BCUT2D eigenvalue weighted by Crippen LogP contribution is 2.25. The topological polar surface area (TPSA) is 149 Å². The Labute approximate surface area is 207 Å². The molecule has 0 aliphatic carbocycles. The first-order valence-electron chi connectivity index (χ1n) is 9.32. The molecule has 0 radical (unpaired) electrons. The fourth-order valence-corrected chi connectivity index (χ4v) is 5.04. The zero-order chi connectivity index (χ0) is 24.3. The van der Waals surface area contributed by atoms with Crippen molar-refractivity contribution in [1.82, 2.24) is 25.1 Å². The fourth-order valence-electron chi connectivity index (χ4n) is 2.63. The first kappa shape index (κ1) is 24.0. The highest BCUT2D eigenvalue weighted by Gasteiger charge is 2.23. The van der Waals surface area contributed by atoms with Crippen LogP contribution in [0.4, 0.5) is 5.13 Å². The maximum Gasteiger partial charge on any atom is 0.270 e. The molecule has 0 spiro atoms. The summed E-state index contributed by atoms with van der Waals surface area (Å²) in [5.41, 5.74) is 0.787. The molecule has 176 valence electrons. The lowest BCUT2D eigenvalue weighted by Gasteiger charge is -2.03. The molecule has 11 nitrogen and oxygen atoms in total. The third-order valence-electron chi connectivity index (χ3n) is 4.24. The van der Waals surface area contributed by atoms with Crippen molar-refractivity contribution in [3.8, 4) is 17.1 Å². The molecule has 4 rings (SSSR count). The van der Waals surface area contributed by atoms with E-state index in [0.29, 0.717) is 27.7 Å². The first-order valence-corrected chi connectivity index (χ1v) is 12.4. The summed E-state index contributed by atoms with van der Waals surface area (Å²) in [5.74, 6) is 0.333. The number of rotatable bonds is 8. The van der Waals surface area contributed by atoms with Crippen LogP contribution >= 0.6 is 34.5 Å². The van der Waals surface area contributed by atoms with E-state index in [2.05, 4.69) is 30.4 Å². The summed E-state index contributed by atoms with van der Waals surface area (Å²) >= 11 is 12.5. The van der Waals surface area contributed by atoms with Crippen LogP contribution in [0.3, 0.4) is 0 Å². The molecule has 2 aromatic heterocycles. The average Bonchev–Trinajstić information content (AvgIpc) is 3.48. The number of aromatic nitrogens is 4. The lowest BCUT2D eigenvalue weighted by molar-refractivity contribution is 0.102. The van der Waals surface area contributed by atoms with Crippen LogP contribution in [0, 0.1) is 0 Å². The van der Waals surface area contributed by atoms with E-state index < -0.39 is 15.9 Å². The highest BCUT2D eigenvalue weighted by atomic mass is 35.5. The Balaban J connectivity index is 1.41. The van der Waals surface area contributed by atoms with E-state index >= 15 is 0 Å². The quantitative estimate of drug-likeness (QED) is 0.319. The van der Waals surface area contributed by atoms with E-state index in [-0.39, 0.29) is 38.3 Å². The van der Waals surface area contributed by atoms with Crippen LogP contribution in [0.5, 0.6) is 5.75 Å². The molecular formula is C19H14Cl2N6O5S2. The molecule has 4 aromatic rings. The number of ether oxygens (including phenoxy) is 1. The number of carbonyl (C=O) groups excluding carboxylic acids is 1. The molecule has 2 aromatic carbocycles. The fraction of sp³-hybridized carbons (Fsp3) is 0.105. The van der Waals surface area contributed by atoms with Gasteiger partial charge in [-0.3, -0.25) is 10.1 Å². The predicted octanol–water partition coefficient (Wildman–Crippen LogP) is 3.63. The average molecular weight is 541 g/mol. The number of halogens is 2. The Morgan fingerprint density at radius 3 is 2.76 bits per heavy atom. The van der Waals surface area contributed by atoms with Crippen molar-refractivity contribution in [2.24, 2.45) is 0 Å². The first-order chi connectivity index (χ1) is 16.2. The minimum absolute atomic E-state index is 0.0329. The third kappa shape index (κ3) is 5.51. The summed E-state index contributed by atoms with van der Waals surface area (Å²) in [6, 6.07) is 11.4. The maximum absolute atomic E-state index is 12.6. The van der Waals surface area contributed by atoms with Crippen molar-refractivity contribution >= 4 is 55.6 Å². The second-order valence-electron chi connectivity index (χ2n) is 6.52. The zero-order valence-electron chi connectivity index (χ0n) is 17.2. The van der Waals surface area contributed by atoms with Gasteiger partial charge < -0.3 is 9.26 Å². The van der Waals surface area contributed by atoms with Crippen molar-refractivity contribution in [2.75, 3.05) is 12.4 Å². The van der Waals surface area contributed by atoms with Crippen molar-refractivity contribution in [3.63, 3.8) is 0 Å². The summed E-state index contributed by atoms with van der Waals surface area (Å²) in [4.78, 5) is 16.5. The van der Waals surface area contributed by atoms with Crippen LogP contribution in [0.1, 0.15) is 16.2 Å². The standard InChI is InChI=1S/C19H14Cl2N6O5S2/c1-31-12-4-2-3-10(7-12)16-23-15(32-27-16)9-22-34(29,30)19-26-25-18(33-19)24-17(28)13-6-5-11(20)8-14(13)21/h2-8,22H,9H2,1H3,(H,24,25,28). The lowest BCUT2D eigenvalue weighted by atomic mass is 10.2. The van der Waals surface area contributed by atoms with Gasteiger partial charge in [-0.05, 0) is 30.3 Å². The summed E-state index contributed by atoms with van der Waals surface area (Å²) in [6.07, 6.45) is 0. The molecular weight excluding hydrogens is 527 g/mol. The van der Waals surface area contributed by atoms with Gasteiger partial charge in [0.1, 0.15) is 5.75 Å². The number of carbonyl (C=O) groups is 1. The van der Waals surface area contributed by atoms with Crippen molar-refractivity contribution in [3.05, 3.63) is 64.0 Å². The lowest BCUT2D eigenvalue weighted by Crippen LogP contribution is -2.23. The van der Waals surface area contributed by atoms with Gasteiger partial charge in [-0.2, -0.15) is 9.71 Å². The molecule has 0 aliphatic heterocycles. The number of nitrogens with one attached hydrogen (secondary N) is 2. The summed E-state index contributed by atoms with van der Waals surface area (Å²) in [7, 11) is -2.53. The number of amides is 1. The number of benzene rings is 2. The molecule has 15 heteroatoms. The molecule has 0 bridgehead atoms. The molecule has 0 unspecified atom stereocenters. The molecule has 0 aliphatic rings. The number of anilines is 1. The minimum atomic E-state index is -4.07. The summed E-state index contributed by atoms with van der Waals surface area (Å²) < 4.78 is 37.3. The Morgan fingerprint density at radius 1 is 1.18 bits per heavy atom. The smallest absolute Gasteiger partial charge is 0.270 e. The van der Waals surface area contributed by atoms with E-state index in [1.165, 1.54) is 25.3 Å². The summed E-state index contributed by atoms with van der Waals surface area (Å²) in [5, 5.41) is 14.1. The molecule has 2 heterocycles. The molecule has 1 amide bonds. The molecule has 0 saturated carbocycles. The molecule has 34 heavy (non-hydrogen) atoms. The van der Waals surface area contributed by atoms with Gasteiger partial charge in [-0.25, -0.2) is 8.42 Å². The SMILES string of the molecule is COc1cccc(-c2noc(CNS(=O)(=O)c3nnc(NC(=O)c4ccc(Cl)cc4Cl)s3)n2)c1. The van der Waals surface area contributed by atoms with Gasteiger partial charge in [0.25, 0.3) is 15.9 Å². The van der Waals surface area contributed by atoms with Crippen LogP contribution in [-0.4, -0.2) is 41.8 Å². The van der Waals surface area contributed by atoms with Crippen molar-refractivity contribution in [2.45, 2.75) is 10.9 Å². The minimum Gasteiger partial charge on any atom is -0.497 e. The Morgan fingerprint density at radius 2 is 2.00 bits per heavy atom. The predicted molar refractivity (Wildman–Crippen MR) is 125 cm³/mol. The van der Waals surface area contributed by atoms with Crippen LogP contribution in [0.2, 0.25) is 10.0 Å². The number of methoxy groups -OCH3 is 1. The van der Waals surface area contributed by atoms with E-state index in [1.54, 1.807) is 24.3 Å². The number of sulfonamides is 1. The van der Waals surface area contributed by atoms with Gasteiger partial charge >= 0.3 is 0 Å². The van der Waals surface area contributed by atoms with E-state index in [4.69, 9.17) is 32.5 Å². The highest BCUT2D eigenvalue weighted by molar-refractivity contribution is 7.91. The van der Waals surface area contributed by atoms with Crippen LogP contribution in [-0.2, 0) is 16.6 Å².